The summed E-state index contributed by atoms with van der Waals surface area (Å²) in [6, 6.07) is 14.5. The Hall–Kier alpha value is -3.57. The van der Waals surface area contributed by atoms with E-state index in [-0.39, 0.29) is 4.90 Å². The molecule has 5 heteroatoms. The van der Waals surface area contributed by atoms with Crippen molar-refractivity contribution in [3.63, 3.8) is 0 Å². The maximum Gasteiger partial charge on any atom is 0.261 e. The van der Waals surface area contributed by atoms with Crippen molar-refractivity contribution >= 4 is 45.3 Å². The summed E-state index contributed by atoms with van der Waals surface area (Å²) >= 11 is 0. The first-order valence-electron chi connectivity index (χ1n) is 10.2. The highest BCUT2D eigenvalue weighted by molar-refractivity contribution is 7.92. The predicted octanol–water partition coefficient (Wildman–Crippen LogP) is 7.09. The van der Waals surface area contributed by atoms with Gasteiger partial charge < -0.3 is 5.32 Å². The minimum absolute atomic E-state index is 0.199. The van der Waals surface area contributed by atoms with Crippen LogP contribution in [0.2, 0.25) is 0 Å². The maximum absolute atomic E-state index is 13.1. The van der Waals surface area contributed by atoms with E-state index in [0.717, 1.165) is 44.8 Å². The molecule has 0 saturated heterocycles. The summed E-state index contributed by atoms with van der Waals surface area (Å²) in [5.74, 6) is 0. The van der Waals surface area contributed by atoms with Crippen molar-refractivity contribution in [3.8, 4) is 0 Å². The van der Waals surface area contributed by atoms with E-state index < -0.39 is 10.0 Å². The minimum Gasteiger partial charge on any atom is -0.355 e. The van der Waals surface area contributed by atoms with Gasteiger partial charge in [0.05, 0.1) is 10.6 Å². The molecule has 0 unspecified atom stereocenters. The number of sulfonamides is 1. The van der Waals surface area contributed by atoms with E-state index in [2.05, 4.69) is 29.8 Å². The monoisotopic (exact) mass is 444 g/mol. The van der Waals surface area contributed by atoms with Crippen LogP contribution in [0.15, 0.2) is 73.2 Å². The third kappa shape index (κ3) is 4.53. The van der Waals surface area contributed by atoms with Crippen LogP contribution in [0.25, 0.3) is 18.2 Å². The molecule has 0 radical (unpaired) electrons. The van der Waals surface area contributed by atoms with Gasteiger partial charge in [-0.15, -0.1) is 0 Å². The van der Waals surface area contributed by atoms with E-state index in [1.165, 1.54) is 0 Å². The van der Waals surface area contributed by atoms with Crippen molar-refractivity contribution in [1.29, 1.82) is 0 Å². The van der Waals surface area contributed by atoms with E-state index in [0.29, 0.717) is 5.69 Å². The first kappa shape index (κ1) is 23.1. The summed E-state index contributed by atoms with van der Waals surface area (Å²) in [4.78, 5) is 0.199. The number of hydrogen-bond acceptors (Lipinski definition) is 3. The molecule has 0 aliphatic carbocycles. The van der Waals surface area contributed by atoms with Gasteiger partial charge in [0.15, 0.2) is 0 Å². The second-order valence-corrected chi connectivity index (χ2v) is 9.29. The Morgan fingerprint density at radius 1 is 0.812 bits per heavy atom. The molecule has 0 amide bonds. The van der Waals surface area contributed by atoms with Gasteiger partial charge in [0.25, 0.3) is 10.0 Å². The highest BCUT2D eigenvalue weighted by Gasteiger charge is 2.19. The van der Waals surface area contributed by atoms with Gasteiger partial charge in [-0.05, 0) is 66.8 Å². The van der Waals surface area contributed by atoms with Gasteiger partial charge in [0, 0.05) is 16.9 Å². The van der Waals surface area contributed by atoms with Gasteiger partial charge in [0.1, 0.15) is 0 Å². The van der Waals surface area contributed by atoms with E-state index >= 15 is 0 Å². The fraction of sp³-hybridized carbons (Fsp3) is 0.111. The molecule has 0 saturated carbocycles. The Labute approximate surface area is 191 Å². The molecule has 4 nitrogen and oxygen atoms in total. The molecule has 0 aromatic heterocycles. The fourth-order valence-electron chi connectivity index (χ4n) is 3.74. The standard InChI is InChI=1S/C27H28N2O2S/c1-7-21-13-15-23(16-14-21)32(30,31)29-27-19(5)17-18(4)26(20(27)6)28-25-12-10-11-22(8-2)24(25)9-3/h7-17,28-29H,1-3H2,4-6H3. The quantitative estimate of drug-likeness (QED) is 0.390. The highest BCUT2D eigenvalue weighted by Crippen LogP contribution is 2.36. The van der Waals surface area contributed by atoms with Crippen LogP contribution in [0.3, 0.4) is 0 Å². The molecule has 0 bridgehead atoms. The number of anilines is 3. The van der Waals surface area contributed by atoms with E-state index in [4.69, 9.17) is 0 Å². The molecule has 0 spiro atoms. The Morgan fingerprint density at radius 3 is 2.06 bits per heavy atom. The normalized spacial score (nSPS) is 11.0. The Balaban J connectivity index is 2.05. The van der Waals surface area contributed by atoms with Crippen LogP contribution in [0.1, 0.15) is 33.4 Å². The Kier molecular flexibility index (Phi) is 6.70. The van der Waals surface area contributed by atoms with Crippen LogP contribution in [-0.4, -0.2) is 8.42 Å². The molecule has 0 atom stereocenters. The molecule has 164 valence electrons. The third-order valence-corrected chi connectivity index (χ3v) is 6.82. The topological polar surface area (TPSA) is 58.2 Å². The molecular formula is C27H28N2O2S. The smallest absolute Gasteiger partial charge is 0.261 e. The van der Waals surface area contributed by atoms with E-state index in [1.807, 2.05) is 45.0 Å². The number of hydrogen-bond donors (Lipinski definition) is 2. The number of aryl methyl sites for hydroxylation is 2. The average molecular weight is 445 g/mol. The van der Waals surface area contributed by atoms with Crippen LogP contribution in [0.5, 0.6) is 0 Å². The van der Waals surface area contributed by atoms with Crippen LogP contribution in [-0.2, 0) is 10.0 Å². The molecule has 3 rings (SSSR count). The van der Waals surface area contributed by atoms with Crippen molar-refractivity contribution in [2.45, 2.75) is 25.7 Å². The Bertz CT molecular complexity index is 1300. The predicted molar refractivity (Wildman–Crippen MR) is 138 cm³/mol. The summed E-state index contributed by atoms with van der Waals surface area (Å²) in [5, 5.41) is 3.48. The molecule has 2 N–H and O–H groups in total. The third-order valence-electron chi connectivity index (χ3n) is 5.46. The number of nitrogens with one attached hydrogen (secondary N) is 2. The lowest BCUT2D eigenvalue weighted by atomic mass is 10.0. The molecule has 32 heavy (non-hydrogen) atoms. The van der Waals surface area contributed by atoms with Gasteiger partial charge in [-0.1, -0.05) is 68.3 Å². The lowest BCUT2D eigenvalue weighted by Crippen LogP contribution is -2.15. The highest BCUT2D eigenvalue weighted by atomic mass is 32.2. The van der Waals surface area contributed by atoms with Gasteiger partial charge in [-0.25, -0.2) is 8.42 Å². The summed E-state index contributed by atoms with van der Waals surface area (Å²) < 4.78 is 28.9. The fourth-order valence-corrected chi connectivity index (χ4v) is 4.94. The maximum atomic E-state index is 13.1. The lowest BCUT2D eigenvalue weighted by molar-refractivity contribution is 0.601. The zero-order valence-corrected chi connectivity index (χ0v) is 19.5. The van der Waals surface area contributed by atoms with E-state index in [9.17, 15) is 8.42 Å². The summed E-state index contributed by atoms with van der Waals surface area (Å²) in [6.07, 6.45) is 5.25. The molecular weight excluding hydrogens is 416 g/mol. The molecule has 3 aromatic rings. The van der Waals surface area contributed by atoms with E-state index in [1.54, 1.807) is 42.5 Å². The molecule has 0 heterocycles. The largest absolute Gasteiger partial charge is 0.355 e. The van der Waals surface area contributed by atoms with Gasteiger partial charge in [-0.2, -0.15) is 0 Å². The SMILES string of the molecule is C=Cc1ccc(S(=O)(=O)Nc2c(C)cc(C)c(Nc3cccc(C=C)c3C=C)c2C)cc1. The number of rotatable bonds is 8. The van der Waals surface area contributed by atoms with Crippen LogP contribution in [0.4, 0.5) is 17.1 Å². The van der Waals surface area contributed by atoms with Crippen molar-refractivity contribution in [3.05, 3.63) is 102 Å². The molecule has 0 aliphatic heterocycles. The Morgan fingerprint density at radius 2 is 1.47 bits per heavy atom. The van der Waals surface area contributed by atoms with Crippen molar-refractivity contribution in [1.82, 2.24) is 0 Å². The van der Waals surface area contributed by atoms with Crippen molar-refractivity contribution in [2.75, 3.05) is 10.0 Å². The number of benzene rings is 3. The van der Waals surface area contributed by atoms with Crippen molar-refractivity contribution in [2.24, 2.45) is 0 Å². The average Bonchev–Trinajstić information content (AvgIpc) is 2.79. The van der Waals surface area contributed by atoms with Gasteiger partial charge >= 0.3 is 0 Å². The first-order valence-corrected chi connectivity index (χ1v) is 11.7. The first-order chi connectivity index (χ1) is 15.2. The molecule has 0 aliphatic rings. The minimum atomic E-state index is -3.75. The molecule has 0 fully saturated rings. The summed E-state index contributed by atoms with van der Waals surface area (Å²) in [7, 11) is -3.75. The van der Waals surface area contributed by atoms with Crippen LogP contribution < -0.4 is 10.0 Å². The second kappa shape index (κ2) is 9.28. The zero-order chi connectivity index (χ0) is 23.5. The van der Waals surface area contributed by atoms with Gasteiger partial charge in [-0.3, -0.25) is 4.72 Å². The van der Waals surface area contributed by atoms with Crippen LogP contribution >= 0.6 is 0 Å². The van der Waals surface area contributed by atoms with Crippen LogP contribution in [0, 0.1) is 20.8 Å². The zero-order valence-electron chi connectivity index (χ0n) is 18.7. The second-order valence-electron chi connectivity index (χ2n) is 7.61. The summed E-state index contributed by atoms with van der Waals surface area (Å²) in [5.41, 5.74) is 7.72. The van der Waals surface area contributed by atoms with Crippen molar-refractivity contribution < 1.29 is 8.42 Å². The van der Waals surface area contributed by atoms with Gasteiger partial charge in [0.2, 0.25) is 0 Å². The lowest BCUT2D eigenvalue weighted by Gasteiger charge is -2.21. The molecule has 3 aromatic carbocycles. The summed E-state index contributed by atoms with van der Waals surface area (Å²) in [6.45, 7) is 17.3.